The zero-order valence-electron chi connectivity index (χ0n) is 12.0. The molecular weight excluding hydrogens is 366 g/mol. The molecule has 2 aromatic rings. The molecule has 2 N–H and O–H groups in total. The van der Waals surface area contributed by atoms with Crippen molar-refractivity contribution >= 4 is 38.6 Å². The Morgan fingerprint density at radius 2 is 1.79 bits per heavy atom. The number of rotatable bonds is 6. The SMILES string of the molecule is O=C(OCCSc1cccc2c(O)cccc12)C(F)(F)S(=O)(=O)O. The van der Waals surface area contributed by atoms with Crippen LogP contribution in [0.5, 0.6) is 5.75 Å². The van der Waals surface area contributed by atoms with Gasteiger partial charge in [-0.2, -0.15) is 17.2 Å². The van der Waals surface area contributed by atoms with E-state index in [1.165, 1.54) is 17.8 Å². The lowest BCUT2D eigenvalue weighted by molar-refractivity contribution is -0.160. The second kappa shape index (κ2) is 6.91. The molecule has 6 nitrogen and oxygen atoms in total. The Morgan fingerprint density at radius 3 is 2.46 bits per heavy atom. The number of phenols is 1. The highest BCUT2D eigenvalue weighted by molar-refractivity contribution is 7.99. The van der Waals surface area contributed by atoms with Gasteiger partial charge in [-0.05, 0) is 17.5 Å². The number of aromatic hydroxyl groups is 1. The molecule has 0 atom stereocenters. The predicted molar refractivity (Wildman–Crippen MR) is 83.8 cm³/mol. The van der Waals surface area contributed by atoms with Crippen molar-refractivity contribution in [2.45, 2.75) is 10.2 Å². The Hall–Kier alpha value is -1.91. The van der Waals surface area contributed by atoms with Crippen LogP contribution in [0, 0.1) is 0 Å². The van der Waals surface area contributed by atoms with Crippen molar-refractivity contribution in [3.8, 4) is 5.75 Å². The molecule has 0 aliphatic heterocycles. The summed E-state index contributed by atoms with van der Waals surface area (Å²) >= 11 is 1.17. The normalized spacial score (nSPS) is 12.3. The maximum atomic E-state index is 13.0. The van der Waals surface area contributed by atoms with Crippen LogP contribution in [-0.2, 0) is 19.6 Å². The van der Waals surface area contributed by atoms with Gasteiger partial charge in [0.05, 0.1) is 0 Å². The molecule has 0 saturated carbocycles. The average Bonchev–Trinajstić information content (AvgIpc) is 2.51. The maximum absolute atomic E-state index is 13.0. The summed E-state index contributed by atoms with van der Waals surface area (Å²) in [4.78, 5) is 11.7. The number of phenolic OH excluding ortho intramolecular Hbond substituents is 1. The predicted octanol–water partition coefficient (Wildman–Crippen LogP) is 2.66. The minimum Gasteiger partial charge on any atom is -0.507 e. The van der Waals surface area contributed by atoms with Crippen molar-refractivity contribution in [1.29, 1.82) is 0 Å². The molecule has 0 unspecified atom stereocenters. The van der Waals surface area contributed by atoms with Crippen LogP contribution in [0.4, 0.5) is 8.78 Å². The summed E-state index contributed by atoms with van der Waals surface area (Å²) in [5.41, 5.74) is 0. The quantitative estimate of drug-likeness (QED) is 0.345. The Morgan fingerprint density at radius 1 is 1.17 bits per heavy atom. The molecule has 0 saturated heterocycles. The van der Waals surface area contributed by atoms with Gasteiger partial charge in [-0.25, -0.2) is 4.79 Å². The number of ether oxygens (including phenoxy) is 1. The van der Waals surface area contributed by atoms with E-state index in [4.69, 9.17) is 4.55 Å². The Balaban J connectivity index is 1.99. The summed E-state index contributed by atoms with van der Waals surface area (Å²) in [6.07, 6.45) is 0. The largest absolute Gasteiger partial charge is 0.507 e. The van der Waals surface area contributed by atoms with E-state index >= 15 is 0 Å². The number of hydrogen-bond donors (Lipinski definition) is 2. The number of hydrogen-bond acceptors (Lipinski definition) is 6. The number of carbonyl (C=O) groups excluding carboxylic acids is 1. The molecule has 0 bridgehead atoms. The molecule has 130 valence electrons. The van der Waals surface area contributed by atoms with Crippen LogP contribution < -0.4 is 0 Å². The van der Waals surface area contributed by atoms with Gasteiger partial charge < -0.3 is 9.84 Å². The fraction of sp³-hybridized carbons (Fsp3) is 0.214. The van der Waals surface area contributed by atoms with Gasteiger partial charge in [0, 0.05) is 16.0 Å². The molecular formula is C14H12F2O6S2. The fourth-order valence-corrected chi connectivity index (χ4v) is 3.03. The van der Waals surface area contributed by atoms with Crippen molar-refractivity contribution in [1.82, 2.24) is 0 Å². The smallest absolute Gasteiger partial charge is 0.465 e. The number of thioether (sulfide) groups is 1. The molecule has 0 aliphatic carbocycles. The van der Waals surface area contributed by atoms with E-state index < -0.39 is 27.9 Å². The number of alkyl halides is 2. The molecule has 0 aliphatic rings. The zero-order valence-corrected chi connectivity index (χ0v) is 13.6. The van der Waals surface area contributed by atoms with Crippen molar-refractivity contribution < 1.29 is 36.4 Å². The maximum Gasteiger partial charge on any atom is 0.465 e. The van der Waals surface area contributed by atoms with Crippen molar-refractivity contribution in [3.05, 3.63) is 36.4 Å². The standard InChI is InChI=1S/C14H12F2O6S2/c15-14(16,24(19,20)21)13(18)22-7-8-23-12-6-2-3-9-10(12)4-1-5-11(9)17/h1-6,17H,7-8H2,(H,19,20,21). The molecule has 0 heterocycles. The number of esters is 1. The Labute approximate surface area is 140 Å². The summed E-state index contributed by atoms with van der Waals surface area (Å²) in [6, 6.07) is 10.1. The lowest BCUT2D eigenvalue weighted by Gasteiger charge is -2.12. The zero-order chi connectivity index (χ0) is 18.0. The van der Waals surface area contributed by atoms with Gasteiger partial charge >= 0.3 is 21.3 Å². The van der Waals surface area contributed by atoms with Gasteiger partial charge in [0.25, 0.3) is 0 Å². The lowest BCUT2D eigenvalue weighted by Crippen LogP contribution is -2.39. The van der Waals surface area contributed by atoms with Gasteiger partial charge in [-0.15, -0.1) is 11.8 Å². The third-order valence-electron chi connectivity index (χ3n) is 2.99. The fourth-order valence-electron chi connectivity index (χ4n) is 1.87. The highest BCUT2D eigenvalue weighted by Gasteiger charge is 2.54. The summed E-state index contributed by atoms with van der Waals surface area (Å²) in [5.74, 6) is -2.17. The second-order valence-corrected chi connectivity index (χ2v) is 7.20. The summed E-state index contributed by atoms with van der Waals surface area (Å²) in [5, 5.41) is 6.11. The van der Waals surface area contributed by atoms with Crippen molar-refractivity contribution in [2.75, 3.05) is 12.4 Å². The van der Waals surface area contributed by atoms with Crippen molar-refractivity contribution in [3.63, 3.8) is 0 Å². The van der Waals surface area contributed by atoms with E-state index in [0.717, 1.165) is 10.3 Å². The number of halogens is 2. The molecule has 10 heteroatoms. The summed E-state index contributed by atoms with van der Waals surface area (Å²) in [7, 11) is -5.87. The molecule has 2 rings (SSSR count). The highest BCUT2D eigenvalue weighted by atomic mass is 32.2. The third-order valence-corrected chi connectivity index (χ3v) is 4.85. The van der Waals surface area contributed by atoms with Gasteiger partial charge in [-0.1, -0.05) is 24.3 Å². The second-order valence-electron chi connectivity index (χ2n) is 4.60. The van der Waals surface area contributed by atoms with Crippen LogP contribution in [0.25, 0.3) is 10.8 Å². The van der Waals surface area contributed by atoms with E-state index in [0.29, 0.717) is 5.39 Å². The molecule has 0 amide bonds. The lowest BCUT2D eigenvalue weighted by atomic mass is 10.1. The number of carbonyl (C=O) groups is 1. The highest BCUT2D eigenvalue weighted by Crippen LogP contribution is 2.32. The van der Waals surface area contributed by atoms with Crippen LogP contribution in [0.1, 0.15) is 0 Å². The monoisotopic (exact) mass is 378 g/mol. The van der Waals surface area contributed by atoms with E-state index in [-0.39, 0.29) is 11.5 Å². The third kappa shape index (κ3) is 3.77. The Kier molecular flexibility index (Phi) is 5.31. The van der Waals surface area contributed by atoms with Crippen LogP contribution in [0.3, 0.4) is 0 Å². The molecule has 0 aromatic heterocycles. The van der Waals surface area contributed by atoms with Gasteiger partial charge in [0.1, 0.15) is 12.4 Å². The topological polar surface area (TPSA) is 101 Å². The first-order valence-corrected chi connectivity index (χ1v) is 8.93. The number of fused-ring (bicyclic) bond motifs is 1. The number of benzene rings is 2. The minimum atomic E-state index is -5.87. The van der Waals surface area contributed by atoms with E-state index in [1.54, 1.807) is 30.3 Å². The minimum absolute atomic E-state index is 0.0715. The first-order chi connectivity index (χ1) is 11.1. The average molecular weight is 378 g/mol. The van der Waals surface area contributed by atoms with Gasteiger partial charge in [0.15, 0.2) is 0 Å². The molecule has 0 fully saturated rings. The first-order valence-electron chi connectivity index (χ1n) is 6.50. The molecule has 0 radical (unpaired) electrons. The van der Waals surface area contributed by atoms with Crippen LogP contribution >= 0.6 is 11.8 Å². The van der Waals surface area contributed by atoms with Gasteiger partial charge in [-0.3, -0.25) is 4.55 Å². The molecule has 24 heavy (non-hydrogen) atoms. The van der Waals surface area contributed by atoms with Crippen LogP contribution in [0.15, 0.2) is 41.3 Å². The van der Waals surface area contributed by atoms with E-state index in [9.17, 15) is 27.1 Å². The van der Waals surface area contributed by atoms with Crippen LogP contribution in [0.2, 0.25) is 0 Å². The summed E-state index contributed by atoms with van der Waals surface area (Å²) in [6.45, 7) is -0.482. The molecule has 2 aromatic carbocycles. The first kappa shape index (κ1) is 18.4. The van der Waals surface area contributed by atoms with Crippen LogP contribution in [-0.4, -0.2) is 41.7 Å². The summed E-state index contributed by atoms with van der Waals surface area (Å²) < 4.78 is 59.2. The Bertz CT molecular complexity index is 867. The van der Waals surface area contributed by atoms with E-state index in [2.05, 4.69) is 4.74 Å². The van der Waals surface area contributed by atoms with Gasteiger partial charge in [0.2, 0.25) is 0 Å². The van der Waals surface area contributed by atoms with E-state index in [1.807, 2.05) is 0 Å². The molecule has 0 spiro atoms. The van der Waals surface area contributed by atoms with Crippen molar-refractivity contribution in [2.24, 2.45) is 0 Å².